The summed E-state index contributed by atoms with van der Waals surface area (Å²) in [6.07, 6.45) is 8.18. The van der Waals surface area contributed by atoms with Gasteiger partial charge in [-0.15, -0.1) is 0 Å². The van der Waals surface area contributed by atoms with Crippen molar-refractivity contribution in [1.29, 1.82) is 0 Å². The Morgan fingerprint density at radius 2 is 1.19 bits per heavy atom. The number of unbranched alkanes of at least 4 members (excludes halogenated alkanes) is 7. The summed E-state index contributed by atoms with van der Waals surface area (Å²) in [6, 6.07) is 16.8. The van der Waals surface area contributed by atoms with Crippen molar-refractivity contribution in [2.45, 2.75) is 84.1 Å². The fraction of sp³-hybridized carbons (Fsp3) is 0.562. The van der Waals surface area contributed by atoms with Gasteiger partial charge in [-0.3, -0.25) is 0 Å². The van der Waals surface area contributed by atoms with Crippen molar-refractivity contribution in [3.63, 3.8) is 0 Å². The lowest BCUT2D eigenvalue weighted by molar-refractivity contribution is 0.0706. The van der Waals surface area contributed by atoms with Gasteiger partial charge in [-0.1, -0.05) is 87.1 Å². The Morgan fingerprint density at radius 1 is 0.690 bits per heavy atom. The van der Waals surface area contributed by atoms with E-state index in [0.717, 1.165) is 49.3 Å². The Kier molecular flexibility index (Phi) is 14.9. The summed E-state index contributed by atoms with van der Waals surface area (Å²) in [6.45, 7) is 8.59. The highest BCUT2D eigenvalue weighted by atomic mass is 28.4. The standard InChI is InChI=1S/C32H49N3O6Si/c1-4-39-42(40-5-2,41-6-3)24-18-12-10-8-7-9-11-17-23-33-31(36)34-35-32(37)38-25-30-28-21-15-13-19-26(28)27-20-14-16-22-29(27)30/h13-16,19-22,30H,4-12,17-18,23-25H2,1-3H3,(H,35,37)(H2,33,34,36). The molecule has 2 aromatic carbocycles. The molecule has 0 unspecified atom stereocenters. The molecule has 0 fully saturated rings. The lowest BCUT2D eigenvalue weighted by Gasteiger charge is -2.28. The number of hydrogen-bond donors (Lipinski definition) is 3. The molecule has 0 aliphatic heterocycles. The Hall–Kier alpha value is -2.92. The molecule has 1 aliphatic carbocycles. The van der Waals surface area contributed by atoms with Crippen LogP contribution in [0.2, 0.25) is 6.04 Å². The topological polar surface area (TPSA) is 107 Å². The van der Waals surface area contributed by atoms with Crippen LogP contribution in [0.15, 0.2) is 48.5 Å². The SMILES string of the molecule is CCO[Si](CCCCCCCCCCNC(=O)NNC(=O)OCC1c2ccccc2-c2ccccc21)(OCC)OCC. The van der Waals surface area contributed by atoms with Gasteiger partial charge in [-0.25, -0.2) is 20.4 Å². The maximum absolute atomic E-state index is 12.2. The maximum atomic E-state index is 12.2. The van der Waals surface area contributed by atoms with E-state index < -0.39 is 20.9 Å². The van der Waals surface area contributed by atoms with Gasteiger partial charge in [-0.05, 0) is 55.9 Å². The van der Waals surface area contributed by atoms with Crippen LogP contribution in [-0.4, -0.2) is 53.9 Å². The van der Waals surface area contributed by atoms with E-state index in [1.807, 2.05) is 45.0 Å². The molecule has 0 bridgehead atoms. The zero-order valence-corrected chi connectivity index (χ0v) is 26.5. The van der Waals surface area contributed by atoms with Crippen LogP contribution in [0.4, 0.5) is 9.59 Å². The van der Waals surface area contributed by atoms with Crippen molar-refractivity contribution in [3.8, 4) is 11.1 Å². The molecule has 232 valence electrons. The third-order valence-electron chi connectivity index (χ3n) is 7.41. The Bertz CT molecular complexity index is 1040. The minimum atomic E-state index is -2.51. The largest absolute Gasteiger partial charge is 0.500 e. The highest BCUT2D eigenvalue weighted by Crippen LogP contribution is 2.44. The summed E-state index contributed by atoms with van der Waals surface area (Å²) in [5.41, 5.74) is 9.31. The van der Waals surface area contributed by atoms with Gasteiger partial charge in [0.05, 0.1) is 0 Å². The van der Waals surface area contributed by atoms with Gasteiger partial charge in [0, 0.05) is 38.3 Å². The van der Waals surface area contributed by atoms with E-state index in [0.29, 0.717) is 26.4 Å². The monoisotopic (exact) mass is 599 g/mol. The molecule has 1 aliphatic rings. The Balaban J connectivity index is 1.19. The lowest BCUT2D eigenvalue weighted by Crippen LogP contribution is -2.47. The first-order valence-corrected chi connectivity index (χ1v) is 17.5. The number of nitrogens with one attached hydrogen (secondary N) is 3. The van der Waals surface area contributed by atoms with Gasteiger partial charge in [0.25, 0.3) is 0 Å². The second-order valence-corrected chi connectivity index (χ2v) is 13.1. The van der Waals surface area contributed by atoms with E-state index in [1.54, 1.807) is 0 Å². The van der Waals surface area contributed by atoms with Gasteiger partial charge < -0.3 is 23.3 Å². The molecule has 3 rings (SSSR count). The summed E-state index contributed by atoms with van der Waals surface area (Å²) in [7, 11) is -2.51. The van der Waals surface area contributed by atoms with Crippen molar-refractivity contribution in [1.82, 2.24) is 16.2 Å². The number of rotatable bonds is 19. The summed E-state index contributed by atoms with van der Waals surface area (Å²) >= 11 is 0. The summed E-state index contributed by atoms with van der Waals surface area (Å²) in [5, 5.41) is 2.77. The highest BCUT2D eigenvalue weighted by molar-refractivity contribution is 6.60. The lowest BCUT2D eigenvalue weighted by atomic mass is 9.98. The molecule has 0 saturated heterocycles. The predicted octanol–water partition coefficient (Wildman–Crippen LogP) is 6.91. The van der Waals surface area contributed by atoms with Crippen LogP contribution in [0.25, 0.3) is 11.1 Å². The zero-order chi connectivity index (χ0) is 30.0. The molecule has 9 nitrogen and oxygen atoms in total. The minimum absolute atomic E-state index is 0.0284. The van der Waals surface area contributed by atoms with Gasteiger partial charge in [-0.2, -0.15) is 0 Å². The van der Waals surface area contributed by atoms with Gasteiger partial charge in [0.15, 0.2) is 0 Å². The van der Waals surface area contributed by atoms with Gasteiger partial charge >= 0.3 is 20.9 Å². The fourth-order valence-electron chi connectivity index (χ4n) is 5.52. The normalized spacial score (nSPS) is 12.5. The molecule has 0 saturated carbocycles. The molecule has 3 N–H and O–H groups in total. The number of urea groups is 1. The summed E-state index contributed by atoms with van der Waals surface area (Å²) < 4.78 is 23.2. The van der Waals surface area contributed by atoms with Gasteiger partial charge in [0.2, 0.25) is 0 Å². The van der Waals surface area contributed by atoms with Crippen LogP contribution in [0.3, 0.4) is 0 Å². The minimum Gasteiger partial charge on any atom is -0.447 e. The summed E-state index contributed by atoms with van der Waals surface area (Å²) in [5.74, 6) is -0.0284. The molecule has 0 radical (unpaired) electrons. The number of benzene rings is 2. The number of hydrazine groups is 1. The van der Waals surface area contributed by atoms with E-state index in [9.17, 15) is 9.59 Å². The molecule has 0 atom stereocenters. The number of carbonyl (C=O) groups excluding carboxylic acids is 2. The van der Waals surface area contributed by atoms with E-state index >= 15 is 0 Å². The third-order valence-corrected chi connectivity index (χ3v) is 10.6. The van der Waals surface area contributed by atoms with Crippen LogP contribution in [0.5, 0.6) is 0 Å². The molecule has 3 amide bonds. The van der Waals surface area contributed by atoms with E-state index in [1.165, 1.54) is 30.4 Å². The van der Waals surface area contributed by atoms with Crippen LogP contribution < -0.4 is 16.2 Å². The Morgan fingerprint density at radius 3 is 1.74 bits per heavy atom. The van der Waals surface area contributed by atoms with Crippen LogP contribution >= 0.6 is 0 Å². The molecular formula is C32H49N3O6Si. The van der Waals surface area contributed by atoms with E-state index in [4.69, 9.17) is 18.0 Å². The molecule has 0 heterocycles. The second-order valence-electron chi connectivity index (χ2n) is 10.4. The zero-order valence-electron chi connectivity index (χ0n) is 25.5. The van der Waals surface area contributed by atoms with Crippen molar-refractivity contribution >= 4 is 20.9 Å². The van der Waals surface area contributed by atoms with Crippen LogP contribution in [0.1, 0.15) is 89.2 Å². The summed E-state index contributed by atoms with van der Waals surface area (Å²) in [4.78, 5) is 24.3. The number of ether oxygens (including phenoxy) is 1. The number of hydrogen-bond acceptors (Lipinski definition) is 6. The first-order valence-electron chi connectivity index (χ1n) is 15.6. The molecule has 0 spiro atoms. The predicted molar refractivity (Wildman–Crippen MR) is 167 cm³/mol. The average molecular weight is 600 g/mol. The van der Waals surface area contributed by atoms with Crippen molar-refractivity contribution in [2.24, 2.45) is 0 Å². The van der Waals surface area contributed by atoms with Crippen LogP contribution in [0, 0.1) is 0 Å². The molecular weight excluding hydrogens is 550 g/mol. The van der Waals surface area contributed by atoms with Crippen LogP contribution in [-0.2, 0) is 18.0 Å². The quantitative estimate of drug-likeness (QED) is 0.0920. The highest BCUT2D eigenvalue weighted by Gasteiger charge is 2.39. The molecule has 2 aromatic rings. The second kappa shape index (κ2) is 18.6. The number of amides is 3. The molecule has 10 heteroatoms. The Labute approximate surface area is 252 Å². The first-order chi connectivity index (χ1) is 20.5. The maximum Gasteiger partial charge on any atom is 0.500 e. The van der Waals surface area contributed by atoms with Crippen molar-refractivity contribution < 1.29 is 27.6 Å². The van der Waals surface area contributed by atoms with Gasteiger partial charge in [0.1, 0.15) is 6.61 Å². The fourth-order valence-corrected chi connectivity index (χ4v) is 8.20. The van der Waals surface area contributed by atoms with E-state index in [2.05, 4.69) is 40.4 Å². The van der Waals surface area contributed by atoms with E-state index in [-0.39, 0.29) is 12.5 Å². The first kappa shape index (κ1) is 33.6. The smallest absolute Gasteiger partial charge is 0.447 e. The van der Waals surface area contributed by atoms with Crippen molar-refractivity contribution in [2.75, 3.05) is 33.0 Å². The number of fused-ring (bicyclic) bond motifs is 3. The third kappa shape index (κ3) is 10.4. The average Bonchev–Trinajstić information content (AvgIpc) is 3.31. The number of carbonyl (C=O) groups is 2. The molecule has 42 heavy (non-hydrogen) atoms. The van der Waals surface area contributed by atoms with Crippen molar-refractivity contribution in [3.05, 3.63) is 59.7 Å². The molecule has 0 aromatic heterocycles.